The summed E-state index contributed by atoms with van der Waals surface area (Å²) in [6.45, 7) is 0. The second-order valence-corrected chi connectivity index (χ2v) is 7.89. The summed E-state index contributed by atoms with van der Waals surface area (Å²) in [6.07, 6.45) is 3.14. The fraction of sp³-hybridized carbons (Fsp3) is 0.120. The summed E-state index contributed by atoms with van der Waals surface area (Å²) in [7, 11) is 2.40. The number of halogens is 1. The molecule has 3 aromatic rings. The highest BCUT2D eigenvalue weighted by Crippen LogP contribution is 2.43. The van der Waals surface area contributed by atoms with Crippen LogP contribution in [0, 0.1) is 11.3 Å². The van der Waals surface area contributed by atoms with Gasteiger partial charge in [0.1, 0.15) is 11.5 Å². The normalized spacial score (nSPS) is 15.6. The van der Waals surface area contributed by atoms with Gasteiger partial charge in [-0.1, -0.05) is 41.9 Å². The van der Waals surface area contributed by atoms with E-state index in [9.17, 15) is 14.9 Å². The van der Waals surface area contributed by atoms with E-state index in [4.69, 9.17) is 26.8 Å². The minimum atomic E-state index is -0.926. The maximum atomic E-state index is 13.1. The molecule has 0 aliphatic carbocycles. The second kappa shape index (κ2) is 9.75. The van der Waals surface area contributed by atoms with Crippen molar-refractivity contribution < 1.29 is 19.1 Å². The lowest BCUT2D eigenvalue weighted by molar-refractivity contribution is -0.139. The zero-order chi connectivity index (χ0) is 25.1. The maximum Gasteiger partial charge on any atom is 0.355 e. The number of benzene rings is 2. The molecule has 1 aromatic heterocycles. The highest BCUT2D eigenvalue weighted by molar-refractivity contribution is 6.30. The minimum absolute atomic E-state index is 0.00992. The van der Waals surface area contributed by atoms with Crippen LogP contribution in [0.3, 0.4) is 0 Å². The van der Waals surface area contributed by atoms with Crippen LogP contribution in [0.15, 0.2) is 89.7 Å². The molecular weight excluding hydrogens is 470 g/mol. The van der Waals surface area contributed by atoms with Crippen molar-refractivity contribution >= 4 is 29.2 Å². The Labute approximate surface area is 206 Å². The fourth-order valence-corrected chi connectivity index (χ4v) is 4.11. The Morgan fingerprint density at radius 2 is 1.66 bits per heavy atom. The molecule has 1 atom stereocenters. The van der Waals surface area contributed by atoms with E-state index < -0.39 is 17.9 Å². The van der Waals surface area contributed by atoms with Gasteiger partial charge in [-0.15, -0.1) is 0 Å². The standard InChI is InChI=1S/C25H20ClN5O4/c1-34-24(32)21-20(15-6-4-3-5-7-15)19(12-27)23(28)31(22(21)25(33)35-2)18-10-8-17(9-11-18)30-14-16(26)13-29-30/h3-11,13-14,20H,28H2,1-2H3. The first-order valence-corrected chi connectivity index (χ1v) is 10.7. The van der Waals surface area contributed by atoms with Crippen LogP contribution < -0.4 is 10.6 Å². The molecule has 2 N–H and O–H groups in total. The van der Waals surface area contributed by atoms with Gasteiger partial charge in [-0.05, 0) is 29.8 Å². The number of rotatable bonds is 5. The van der Waals surface area contributed by atoms with Crippen LogP contribution in [-0.2, 0) is 19.1 Å². The number of anilines is 1. The Kier molecular flexibility index (Phi) is 6.57. The number of hydrogen-bond acceptors (Lipinski definition) is 8. The molecule has 1 unspecified atom stereocenters. The molecule has 2 heterocycles. The predicted octanol–water partition coefficient (Wildman–Crippen LogP) is 3.42. The van der Waals surface area contributed by atoms with E-state index in [-0.39, 0.29) is 22.7 Å². The molecule has 1 aliphatic rings. The van der Waals surface area contributed by atoms with Gasteiger partial charge in [0, 0.05) is 11.9 Å². The van der Waals surface area contributed by atoms with Crippen molar-refractivity contribution in [2.45, 2.75) is 5.92 Å². The van der Waals surface area contributed by atoms with Crippen molar-refractivity contribution in [2.75, 3.05) is 19.1 Å². The second-order valence-electron chi connectivity index (χ2n) is 7.45. The average Bonchev–Trinajstić information content (AvgIpc) is 3.33. The summed E-state index contributed by atoms with van der Waals surface area (Å²) in [6, 6.07) is 17.7. The summed E-state index contributed by atoms with van der Waals surface area (Å²) in [5.41, 5.74) is 8.09. The number of nitrogens with two attached hydrogens (primary N) is 1. The first-order chi connectivity index (χ1) is 16.9. The van der Waals surface area contributed by atoms with Crippen molar-refractivity contribution in [3.8, 4) is 11.8 Å². The molecule has 0 fully saturated rings. The topological polar surface area (TPSA) is 123 Å². The Morgan fingerprint density at radius 3 is 2.20 bits per heavy atom. The number of carbonyl (C=O) groups is 2. The van der Waals surface area contributed by atoms with Crippen LogP contribution in [0.4, 0.5) is 5.69 Å². The Hall–Kier alpha value is -4.55. The number of methoxy groups -OCH3 is 2. The zero-order valence-corrected chi connectivity index (χ0v) is 19.6. The predicted molar refractivity (Wildman–Crippen MR) is 128 cm³/mol. The number of aromatic nitrogens is 2. The lowest BCUT2D eigenvalue weighted by atomic mass is 9.81. The number of hydrogen-bond donors (Lipinski definition) is 1. The summed E-state index contributed by atoms with van der Waals surface area (Å²) < 4.78 is 11.6. The Bertz CT molecular complexity index is 1390. The molecule has 10 heteroatoms. The van der Waals surface area contributed by atoms with Crippen molar-refractivity contribution in [1.29, 1.82) is 5.26 Å². The van der Waals surface area contributed by atoms with Crippen LogP contribution in [0.25, 0.3) is 5.69 Å². The first-order valence-electron chi connectivity index (χ1n) is 10.4. The first kappa shape index (κ1) is 23.6. The van der Waals surface area contributed by atoms with Crippen molar-refractivity contribution in [2.24, 2.45) is 5.73 Å². The van der Waals surface area contributed by atoms with E-state index in [2.05, 4.69) is 11.2 Å². The van der Waals surface area contributed by atoms with Gasteiger partial charge in [0.25, 0.3) is 0 Å². The molecule has 176 valence electrons. The zero-order valence-electron chi connectivity index (χ0n) is 18.8. The van der Waals surface area contributed by atoms with Crippen molar-refractivity contribution in [3.05, 3.63) is 100 Å². The van der Waals surface area contributed by atoms with Gasteiger partial charge < -0.3 is 15.2 Å². The molecular formula is C25H20ClN5O4. The van der Waals surface area contributed by atoms with Crippen LogP contribution in [0.5, 0.6) is 0 Å². The SMILES string of the molecule is COC(=O)C1=C(C(=O)OC)N(c2ccc(-n3cc(Cl)cn3)cc2)C(N)=C(C#N)C1c1ccccc1. The van der Waals surface area contributed by atoms with Gasteiger partial charge in [0.2, 0.25) is 0 Å². The van der Waals surface area contributed by atoms with E-state index in [0.29, 0.717) is 22.0 Å². The monoisotopic (exact) mass is 489 g/mol. The highest BCUT2D eigenvalue weighted by atomic mass is 35.5. The third kappa shape index (κ3) is 4.23. The van der Waals surface area contributed by atoms with Crippen LogP contribution in [0.1, 0.15) is 11.5 Å². The van der Waals surface area contributed by atoms with E-state index >= 15 is 0 Å². The van der Waals surface area contributed by atoms with E-state index in [1.54, 1.807) is 65.5 Å². The molecule has 0 radical (unpaired) electrons. The number of carbonyl (C=O) groups excluding carboxylic acids is 2. The maximum absolute atomic E-state index is 13.1. The lowest BCUT2D eigenvalue weighted by Gasteiger charge is -2.35. The van der Waals surface area contributed by atoms with Crippen LogP contribution in [-0.4, -0.2) is 35.9 Å². The minimum Gasteiger partial charge on any atom is -0.466 e. The van der Waals surface area contributed by atoms with Gasteiger partial charge in [-0.3, -0.25) is 4.90 Å². The van der Waals surface area contributed by atoms with E-state index in [1.807, 2.05) is 0 Å². The summed E-state index contributed by atoms with van der Waals surface area (Å²) >= 11 is 5.96. The molecule has 1 aliphatic heterocycles. The van der Waals surface area contributed by atoms with Gasteiger partial charge in [0.05, 0.1) is 54.3 Å². The lowest BCUT2D eigenvalue weighted by Crippen LogP contribution is -2.40. The largest absolute Gasteiger partial charge is 0.466 e. The van der Waals surface area contributed by atoms with Crippen LogP contribution >= 0.6 is 11.6 Å². The Balaban J connectivity index is 1.95. The number of esters is 2. The number of ether oxygens (including phenoxy) is 2. The molecule has 0 bridgehead atoms. The van der Waals surface area contributed by atoms with Crippen molar-refractivity contribution in [3.63, 3.8) is 0 Å². The fourth-order valence-electron chi connectivity index (χ4n) is 3.98. The van der Waals surface area contributed by atoms with Gasteiger partial charge >= 0.3 is 11.9 Å². The van der Waals surface area contributed by atoms with E-state index in [1.165, 1.54) is 25.3 Å². The molecule has 2 aromatic carbocycles. The van der Waals surface area contributed by atoms with Crippen LogP contribution in [0.2, 0.25) is 5.02 Å². The molecule has 9 nitrogen and oxygen atoms in total. The summed E-state index contributed by atoms with van der Waals surface area (Å²) in [5, 5.41) is 14.7. The van der Waals surface area contributed by atoms with Crippen molar-refractivity contribution in [1.82, 2.24) is 9.78 Å². The summed E-state index contributed by atoms with van der Waals surface area (Å²) in [4.78, 5) is 27.5. The molecule has 0 spiro atoms. The highest BCUT2D eigenvalue weighted by Gasteiger charge is 2.42. The van der Waals surface area contributed by atoms with Gasteiger partial charge in [-0.2, -0.15) is 10.4 Å². The summed E-state index contributed by atoms with van der Waals surface area (Å²) in [5.74, 6) is -2.53. The van der Waals surface area contributed by atoms with Gasteiger partial charge in [0.15, 0.2) is 0 Å². The smallest absolute Gasteiger partial charge is 0.355 e. The molecule has 0 saturated carbocycles. The third-order valence-corrected chi connectivity index (χ3v) is 5.73. The number of nitriles is 1. The molecule has 0 saturated heterocycles. The van der Waals surface area contributed by atoms with Gasteiger partial charge in [-0.25, -0.2) is 14.3 Å². The van der Waals surface area contributed by atoms with E-state index in [0.717, 1.165) is 0 Å². The third-order valence-electron chi connectivity index (χ3n) is 5.53. The average molecular weight is 490 g/mol. The number of allylic oxidation sites excluding steroid dienone is 1. The quantitative estimate of drug-likeness (QED) is 0.541. The molecule has 35 heavy (non-hydrogen) atoms. The number of nitrogens with zero attached hydrogens (tertiary/aromatic N) is 4. The molecule has 4 rings (SSSR count). The Morgan fingerprint density at radius 1 is 1.03 bits per heavy atom. The molecule has 0 amide bonds.